The van der Waals surface area contributed by atoms with Gasteiger partial charge in [0.15, 0.2) is 0 Å². The van der Waals surface area contributed by atoms with Crippen molar-refractivity contribution in [3.63, 3.8) is 0 Å². The molecule has 1 saturated heterocycles. The van der Waals surface area contributed by atoms with E-state index in [1.165, 1.54) is 43.7 Å². The fraction of sp³-hybridized carbons (Fsp3) is 0.294. The SMILES string of the molecule is c1ccc([N+]2(c3ccccc3)CCCCC2)cc1. The van der Waals surface area contributed by atoms with E-state index in [-0.39, 0.29) is 0 Å². The van der Waals surface area contributed by atoms with Gasteiger partial charge in [-0.25, -0.2) is 0 Å². The van der Waals surface area contributed by atoms with Crippen LogP contribution in [0.1, 0.15) is 19.3 Å². The maximum absolute atomic E-state index is 2.28. The summed E-state index contributed by atoms with van der Waals surface area (Å²) >= 11 is 0. The molecule has 1 heteroatoms. The van der Waals surface area contributed by atoms with Gasteiger partial charge < -0.3 is 0 Å². The van der Waals surface area contributed by atoms with Gasteiger partial charge in [-0.3, -0.25) is 4.48 Å². The Morgan fingerprint density at radius 3 is 1.44 bits per heavy atom. The molecule has 1 fully saturated rings. The number of benzene rings is 2. The minimum atomic E-state index is 1.03. The summed E-state index contributed by atoms with van der Waals surface area (Å²) in [5.74, 6) is 0. The molecule has 0 spiro atoms. The summed E-state index contributed by atoms with van der Waals surface area (Å²) in [7, 11) is 0. The quantitative estimate of drug-likeness (QED) is 0.675. The molecule has 18 heavy (non-hydrogen) atoms. The third-order valence-electron chi connectivity index (χ3n) is 4.08. The monoisotopic (exact) mass is 238 g/mol. The van der Waals surface area contributed by atoms with Gasteiger partial charge in [-0.05, 0) is 43.5 Å². The normalized spacial score (nSPS) is 18.4. The molecule has 1 heterocycles. The molecule has 2 aromatic rings. The van der Waals surface area contributed by atoms with Gasteiger partial charge >= 0.3 is 0 Å². The van der Waals surface area contributed by atoms with Gasteiger partial charge in [0.2, 0.25) is 0 Å². The Morgan fingerprint density at radius 2 is 1.00 bits per heavy atom. The highest BCUT2D eigenvalue weighted by atomic mass is 15.4. The molecular formula is C17H20N+. The standard InChI is InChI=1S/C17H20N/c1-4-10-16(11-5-1)18(14-8-3-9-15-18)17-12-6-2-7-13-17/h1-2,4-7,10-13H,3,8-9,14-15H2/q+1. The third kappa shape index (κ3) is 1.95. The minimum absolute atomic E-state index is 1.03. The first kappa shape index (κ1) is 11.5. The Hall–Kier alpha value is -1.60. The van der Waals surface area contributed by atoms with Gasteiger partial charge in [0.25, 0.3) is 0 Å². The smallest absolute Gasteiger partial charge is 0.137 e. The van der Waals surface area contributed by atoms with Crippen LogP contribution in [0.5, 0.6) is 0 Å². The van der Waals surface area contributed by atoms with Crippen LogP contribution in [0.3, 0.4) is 0 Å². The first-order valence-corrected chi connectivity index (χ1v) is 6.90. The Kier molecular flexibility index (Phi) is 3.16. The molecule has 0 unspecified atom stereocenters. The van der Waals surface area contributed by atoms with Crippen LogP contribution in [0, 0.1) is 0 Å². The van der Waals surface area contributed by atoms with Gasteiger partial charge in [-0.2, -0.15) is 0 Å². The van der Waals surface area contributed by atoms with E-state index in [0.717, 1.165) is 4.48 Å². The van der Waals surface area contributed by atoms with Crippen LogP contribution >= 0.6 is 0 Å². The lowest BCUT2D eigenvalue weighted by Crippen LogP contribution is -2.48. The van der Waals surface area contributed by atoms with E-state index < -0.39 is 0 Å². The zero-order valence-electron chi connectivity index (χ0n) is 10.8. The molecular weight excluding hydrogens is 218 g/mol. The van der Waals surface area contributed by atoms with Crippen LogP contribution in [0.2, 0.25) is 0 Å². The number of rotatable bonds is 2. The summed E-state index contributed by atoms with van der Waals surface area (Å²) in [5.41, 5.74) is 2.87. The maximum Gasteiger partial charge on any atom is 0.137 e. The van der Waals surface area contributed by atoms with E-state index in [4.69, 9.17) is 0 Å². The predicted octanol–water partition coefficient (Wildman–Crippen LogP) is 4.51. The predicted molar refractivity (Wildman–Crippen MR) is 77.9 cm³/mol. The highest BCUT2D eigenvalue weighted by molar-refractivity contribution is 5.58. The van der Waals surface area contributed by atoms with E-state index in [2.05, 4.69) is 60.7 Å². The van der Waals surface area contributed by atoms with E-state index >= 15 is 0 Å². The molecule has 92 valence electrons. The molecule has 3 rings (SSSR count). The van der Waals surface area contributed by atoms with Crippen molar-refractivity contribution in [2.24, 2.45) is 0 Å². The summed E-state index contributed by atoms with van der Waals surface area (Å²) < 4.78 is 1.03. The fourth-order valence-electron chi connectivity index (χ4n) is 3.14. The number of nitrogens with zero attached hydrogens (tertiary/aromatic N) is 1. The Labute approximate surface area is 109 Å². The van der Waals surface area contributed by atoms with Crippen molar-refractivity contribution in [2.45, 2.75) is 19.3 Å². The van der Waals surface area contributed by atoms with Crippen LogP contribution in [0.25, 0.3) is 0 Å². The Balaban J connectivity index is 2.10. The second kappa shape index (κ2) is 4.95. The van der Waals surface area contributed by atoms with Crippen molar-refractivity contribution >= 4 is 11.4 Å². The van der Waals surface area contributed by atoms with Crippen LogP contribution < -0.4 is 4.48 Å². The van der Waals surface area contributed by atoms with Crippen LogP contribution in [-0.4, -0.2) is 13.1 Å². The molecule has 2 aromatic carbocycles. The molecule has 0 bridgehead atoms. The van der Waals surface area contributed by atoms with Crippen molar-refractivity contribution in [1.82, 2.24) is 4.48 Å². The second-order valence-electron chi connectivity index (χ2n) is 5.15. The lowest BCUT2D eigenvalue weighted by Gasteiger charge is -2.40. The topological polar surface area (TPSA) is 0 Å². The summed E-state index contributed by atoms with van der Waals surface area (Å²) in [4.78, 5) is 0. The molecule has 1 nitrogen and oxygen atoms in total. The van der Waals surface area contributed by atoms with E-state index in [0.29, 0.717) is 0 Å². The van der Waals surface area contributed by atoms with Crippen LogP contribution in [-0.2, 0) is 0 Å². The number of quaternary nitrogens is 1. The van der Waals surface area contributed by atoms with Crippen molar-refractivity contribution in [3.8, 4) is 0 Å². The zero-order valence-corrected chi connectivity index (χ0v) is 10.8. The van der Waals surface area contributed by atoms with Crippen molar-refractivity contribution < 1.29 is 0 Å². The fourth-order valence-corrected chi connectivity index (χ4v) is 3.14. The van der Waals surface area contributed by atoms with E-state index in [1.807, 2.05) is 0 Å². The average Bonchev–Trinajstić information content (AvgIpc) is 2.50. The molecule has 0 saturated carbocycles. The largest absolute Gasteiger partial charge is 0.259 e. The molecule has 0 amide bonds. The maximum atomic E-state index is 2.28. The number of hydrogen-bond acceptors (Lipinski definition) is 0. The van der Waals surface area contributed by atoms with E-state index in [9.17, 15) is 0 Å². The highest BCUT2D eigenvalue weighted by Crippen LogP contribution is 2.37. The molecule has 0 radical (unpaired) electrons. The van der Waals surface area contributed by atoms with Gasteiger partial charge in [0.05, 0.1) is 13.1 Å². The summed E-state index contributed by atoms with van der Waals surface area (Å²) in [6, 6.07) is 22.0. The van der Waals surface area contributed by atoms with Gasteiger partial charge in [0, 0.05) is 0 Å². The second-order valence-corrected chi connectivity index (χ2v) is 5.15. The van der Waals surface area contributed by atoms with Gasteiger partial charge in [-0.1, -0.05) is 36.4 Å². The molecule has 0 aromatic heterocycles. The van der Waals surface area contributed by atoms with Gasteiger partial charge in [-0.15, -0.1) is 0 Å². The minimum Gasteiger partial charge on any atom is -0.259 e. The third-order valence-corrected chi connectivity index (χ3v) is 4.08. The average molecular weight is 238 g/mol. The summed E-state index contributed by atoms with van der Waals surface area (Å²) in [5, 5.41) is 0. The number of para-hydroxylation sites is 2. The molecule has 1 aliphatic heterocycles. The molecule has 1 aliphatic rings. The first-order valence-electron chi connectivity index (χ1n) is 6.90. The van der Waals surface area contributed by atoms with Crippen molar-refractivity contribution in [3.05, 3.63) is 60.7 Å². The number of piperidine rings is 1. The van der Waals surface area contributed by atoms with E-state index in [1.54, 1.807) is 0 Å². The van der Waals surface area contributed by atoms with Gasteiger partial charge in [0.1, 0.15) is 11.4 Å². The molecule has 0 atom stereocenters. The Morgan fingerprint density at radius 1 is 0.556 bits per heavy atom. The zero-order chi connectivity index (χ0) is 12.3. The first-order chi connectivity index (χ1) is 8.92. The summed E-state index contributed by atoms with van der Waals surface area (Å²) in [6.07, 6.45) is 4.02. The lowest BCUT2D eigenvalue weighted by atomic mass is 10.0. The van der Waals surface area contributed by atoms with Crippen LogP contribution in [0.4, 0.5) is 11.4 Å². The Bertz CT molecular complexity index is 442. The highest BCUT2D eigenvalue weighted by Gasteiger charge is 2.34. The lowest BCUT2D eigenvalue weighted by molar-refractivity contribution is 0.315. The van der Waals surface area contributed by atoms with Crippen molar-refractivity contribution in [2.75, 3.05) is 13.1 Å². The number of hydrogen-bond donors (Lipinski definition) is 0. The van der Waals surface area contributed by atoms with Crippen LogP contribution in [0.15, 0.2) is 60.7 Å². The molecule has 0 aliphatic carbocycles. The molecule has 0 N–H and O–H groups in total. The summed E-state index contributed by atoms with van der Waals surface area (Å²) in [6.45, 7) is 2.46. The van der Waals surface area contributed by atoms with Crippen molar-refractivity contribution in [1.29, 1.82) is 0 Å².